The summed E-state index contributed by atoms with van der Waals surface area (Å²) >= 11 is 0. The third kappa shape index (κ3) is 2.70. The molecule has 1 atom stereocenters. The van der Waals surface area contributed by atoms with Crippen LogP contribution in [0.3, 0.4) is 0 Å². The molecular formula is C20H24N4O2. The highest BCUT2D eigenvalue weighted by molar-refractivity contribution is 5.86. The zero-order valence-corrected chi connectivity index (χ0v) is 15.5. The standard InChI is InChI=1S/C20H24N4O2/c1-14-7-8-15-16(24(14)13-26-3)9-10-17-20(15)21-18(22(17)2)12-23-11-5-4-6-19(23)25/h4-6,9-11,14H,7-8,12-13H2,1-3H3/t14-/m0/s1. The van der Waals surface area contributed by atoms with Gasteiger partial charge in [-0.05, 0) is 38.0 Å². The molecule has 3 aromatic rings. The van der Waals surface area contributed by atoms with Gasteiger partial charge in [0.2, 0.25) is 0 Å². The molecule has 6 heteroatoms. The van der Waals surface area contributed by atoms with Gasteiger partial charge in [-0.1, -0.05) is 6.07 Å². The van der Waals surface area contributed by atoms with Crippen molar-refractivity contribution in [3.63, 3.8) is 0 Å². The van der Waals surface area contributed by atoms with E-state index in [4.69, 9.17) is 9.72 Å². The van der Waals surface area contributed by atoms with Gasteiger partial charge in [0.1, 0.15) is 12.6 Å². The molecule has 26 heavy (non-hydrogen) atoms. The molecule has 136 valence electrons. The lowest BCUT2D eigenvalue weighted by atomic mass is 9.96. The maximum atomic E-state index is 12.0. The molecule has 0 bridgehead atoms. The Bertz CT molecular complexity index is 1000. The summed E-state index contributed by atoms with van der Waals surface area (Å²) in [6, 6.07) is 9.96. The van der Waals surface area contributed by atoms with Gasteiger partial charge in [0.15, 0.2) is 0 Å². The van der Waals surface area contributed by atoms with Crippen LogP contribution in [0.5, 0.6) is 0 Å². The van der Waals surface area contributed by atoms with Crippen molar-refractivity contribution in [3.8, 4) is 0 Å². The van der Waals surface area contributed by atoms with E-state index in [0.29, 0.717) is 19.3 Å². The highest BCUT2D eigenvalue weighted by Gasteiger charge is 2.26. The normalized spacial score (nSPS) is 16.9. The predicted octanol–water partition coefficient (Wildman–Crippen LogP) is 2.53. The van der Waals surface area contributed by atoms with Gasteiger partial charge in [-0.15, -0.1) is 0 Å². The Kier molecular flexibility index (Phi) is 4.28. The zero-order chi connectivity index (χ0) is 18.3. The fourth-order valence-corrected chi connectivity index (χ4v) is 3.83. The van der Waals surface area contributed by atoms with E-state index in [1.165, 1.54) is 11.3 Å². The Morgan fingerprint density at radius 1 is 1.27 bits per heavy atom. The largest absolute Gasteiger partial charge is 0.364 e. The lowest BCUT2D eigenvalue weighted by molar-refractivity contribution is 0.187. The first kappa shape index (κ1) is 16.8. The molecule has 0 saturated heterocycles. The van der Waals surface area contributed by atoms with Crippen molar-refractivity contribution in [3.05, 3.63) is 58.3 Å². The molecule has 2 aromatic heterocycles. The number of pyridine rings is 1. The van der Waals surface area contributed by atoms with Crippen LogP contribution in [-0.2, 0) is 24.8 Å². The average molecular weight is 352 g/mol. The summed E-state index contributed by atoms with van der Waals surface area (Å²) in [6.07, 6.45) is 3.90. The number of aryl methyl sites for hydroxylation is 2. The van der Waals surface area contributed by atoms with Gasteiger partial charge in [0, 0.05) is 43.7 Å². The fraction of sp³-hybridized carbons (Fsp3) is 0.400. The molecule has 6 nitrogen and oxygen atoms in total. The van der Waals surface area contributed by atoms with Gasteiger partial charge in [0.25, 0.3) is 5.56 Å². The van der Waals surface area contributed by atoms with Crippen molar-refractivity contribution in [2.45, 2.75) is 32.4 Å². The first-order valence-electron chi connectivity index (χ1n) is 8.98. The second kappa shape index (κ2) is 6.61. The lowest BCUT2D eigenvalue weighted by Gasteiger charge is -2.36. The Labute approximate surface area is 152 Å². The summed E-state index contributed by atoms with van der Waals surface area (Å²) in [7, 11) is 3.75. The van der Waals surface area contributed by atoms with Crippen LogP contribution in [0.15, 0.2) is 41.3 Å². The number of methoxy groups -OCH3 is 1. The molecule has 0 amide bonds. The van der Waals surface area contributed by atoms with E-state index in [-0.39, 0.29) is 5.56 Å². The van der Waals surface area contributed by atoms with Crippen molar-refractivity contribution in [1.82, 2.24) is 14.1 Å². The molecule has 0 spiro atoms. The fourth-order valence-electron chi connectivity index (χ4n) is 3.83. The highest BCUT2D eigenvalue weighted by atomic mass is 16.5. The van der Waals surface area contributed by atoms with Crippen molar-refractivity contribution in [2.75, 3.05) is 18.7 Å². The molecule has 1 aliphatic heterocycles. The van der Waals surface area contributed by atoms with Crippen molar-refractivity contribution in [1.29, 1.82) is 0 Å². The molecule has 0 aliphatic carbocycles. The van der Waals surface area contributed by atoms with E-state index in [1.807, 2.05) is 13.1 Å². The van der Waals surface area contributed by atoms with Crippen LogP contribution in [-0.4, -0.2) is 34.0 Å². The van der Waals surface area contributed by atoms with Crippen LogP contribution in [0.2, 0.25) is 0 Å². The van der Waals surface area contributed by atoms with Gasteiger partial charge in [-0.2, -0.15) is 0 Å². The summed E-state index contributed by atoms with van der Waals surface area (Å²) in [5.74, 6) is 0.888. The molecular weight excluding hydrogens is 328 g/mol. The van der Waals surface area contributed by atoms with Crippen LogP contribution in [0.4, 0.5) is 5.69 Å². The van der Waals surface area contributed by atoms with E-state index >= 15 is 0 Å². The zero-order valence-electron chi connectivity index (χ0n) is 15.5. The number of ether oxygens (including phenoxy) is 1. The minimum atomic E-state index is -0.0123. The summed E-state index contributed by atoms with van der Waals surface area (Å²) in [4.78, 5) is 19.3. The highest BCUT2D eigenvalue weighted by Crippen LogP contribution is 2.35. The Balaban J connectivity index is 1.80. The van der Waals surface area contributed by atoms with E-state index < -0.39 is 0 Å². The minimum absolute atomic E-state index is 0.0123. The summed E-state index contributed by atoms with van der Waals surface area (Å²) in [6.45, 7) is 3.29. The average Bonchev–Trinajstić information content (AvgIpc) is 2.95. The number of rotatable bonds is 4. The number of fused-ring (bicyclic) bond motifs is 3. The van der Waals surface area contributed by atoms with Crippen LogP contribution >= 0.6 is 0 Å². The minimum Gasteiger partial charge on any atom is -0.364 e. The molecule has 0 saturated carbocycles. The number of hydrogen-bond acceptors (Lipinski definition) is 4. The maximum absolute atomic E-state index is 12.0. The van der Waals surface area contributed by atoms with Gasteiger partial charge < -0.3 is 18.8 Å². The van der Waals surface area contributed by atoms with E-state index in [1.54, 1.807) is 30.0 Å². The first-order valence-corrected chi connectivity index (χ1v) is 8.98. The smallest absolute Gasteiger partial charge is 0.250 e. The molecule has 1 aromatic carbocycles. The molecule has 0 unspecified atom stereocenters. The molecule has 3 heterocycles. The number of anilines is 1. The van der Waals surface area contributed by atoms with Crippen molar-refractivity contribution < 1.29 is 4.74 Å². The van der Waals surface area contributed by atoms with Crippen molar-refractivity contribution >= 4 is 16.7 Å². The second-order valence-corrected chi connectivity index (χ2v) is 6.96. The third-order valence-corrected chi connectivity index (χ3v) is 5.36. The van der Waals surface area contributed by atoms with E-state index in [0.717, 1.165) is 29.7 Å². The third-order valence-electron chi connectivity index (χ3n) is 5.36. The number of nitrogens with zero attached hydrogens (tertiary/aromatic N) is 4. The van der Waals surface area contributed by atoms with E-state index in [9.17, 15) is 4.79 Å². The maximum Gasteiger partial charge on any atom is 0.250 e. The summed E-state index contributed by atoms with van der Waals surface area (Å²) in [5, 5.41) is 0. The van der Waals surface area contributed by atoms with Crippen LogP contribution in [0.1, 0.15) is 24.7 Å². The van der Waals surface area contributed by atoms with Crippen molar-refractivity contribution in [2.24, 2.45) is 7.05 Å². The van der Waals surface area contributed by atoms with Crippen LogP contribution < -0.4 is 10.5 Å². The van der Waals surface area contributed by atoms with Gasteiger partial charge in [-0.25, -0.2) is 4.98 Å². The van der Waals surface area contributed by atoms with Crippen LogP contribution in [0, 0.1) is 0 Å². The van der Waals surface area contributed by atoms with Crippen LogP contribution in [0.25, 0.3) is 11.0 Å². The number of imidazole rings is 1. The number of aromatic nitrogens is 3. The Morgan fingerprint density at radius 3 is 2.88 bits per heavy atom. The lowest BCUT2D eigenvalue weighted by Crippen LogP contribution is -2.38. The second-order valence-electron chi connectivity index (χ2n) is 6.96. The molecule has 1 aliphatic rings. The van der Waals surface area contributed by atoms with Gasteiger partial charge >= 0.3 is 0 Å². The molecule has 0 fully saturated rings. The molecule has 4 rings (SSSR count). The molecule has 0 radical (unpaired) electrons. The Hall–Kier alpha value is -2.60. The predicted molar refractivity (Wildman–Crippen MR) is 103 cm³/mol. The topological polar surface area (TPSA) is 52.3 Å². The quantitative estimate of drug-likeness (QED) is 0.724. The number of benzene rings is 1. The monoisotopic (exact) mass is 352 g/mol. The van der Waals surface area contributed by atoms with E-state index in [2.05, 4.69) is 28.5 Å². The van der Waals surface area contributed by atoms with Gasteiger partial charge in [0.05, 0.1) is 17.6 Å². The number of hydrogen-bond donors (Lipinski definition) is 0. The first-order chi connectivity index (χ1) is 12.6. The summed E-state index contributed by atoms with van der Waals surface area (Å²) < 4.78 is 9.18. The summed E-state index contributed by atoms with van der Waals surface area (Å²) in [5.41, 5.74) is 4.62. The SMILES string of the molecule is COCN1c2ccc3c(nc(Cn4ccccc4=O)n3C)c2CC[C@@H]1C. The molecule has 0 N–H and O–H groups in total. The van der Waals surface area contributed by atoms with Gasteiger partial charge in [-0.3, -0.25) is 4.79 Å². The Morgan fingerprint density at radius 2 is 2.12 bits per heavy atom.